The van der Waals surface area contributed by atoms with Crippen LogP contribution in [-0.2, 0) is 9.53 Å². The van der Waals surface area contributed by atoms with E-state index in [1.165, 1.54) is 18.0 Å². The molecule has 1 unspecified atom stereocenters. The van der Waals surface area contributed by atoms with Crippen LogP contribution in [0.25, 0.3) is 0 Å². The molecule has 22 heavy (non-hydrogen) atoms. The quantitative estimate of drug-likeness (QED) is 0.867. The van der Waals surface area contributed by atoms with Crippen LogP contribution >= 0.6 is 11.3 Å². The van der Waals surface area contributed by atoms with E-state index in [-0.39, 0.29) is 17.9 Å². The Morgan fingerprint density at radius 2 is 2.23 bits per heavy atom. The van der Waals surface area contributed by atoms with Crippen LogP contribution in [0.4, 0.5) is 9.93 Å². The number of likely N-dealkylation sites (tertiary alicyclic amines) is 1. The maximum atomic E-state index is 12.5. The number of anilines is 1. The molecule has 1 spiro atoms. The van der Waals surface area contributed by atoms with E-state index in [1.807, 2.05) is 0 Å². The molecule has 2 saturated heterocycles. The number of nitrogens with zero attached hydrogens (tertiary/aromatic N) is 3. The molecule has 1 aromatic rings. The number of rotatable bonds is 2. The van der Waals surface area contributed by atoms with E-state index < -0.39 is 5.60 Å². The molecule has 3 amide bonds. The van der Waals surface area contributed by atoms with Gasteiger partial charge in [0, 0.05) is 26.9 Å². The normalized spacial score (nSPS) is 24.0. The number of likely N-dealkylation sites (N-methyl/N-ethyl adjacent to an activating group) is 1. The molecule has 3 heterocycles. The van der Waals surface area contributed by atoms with Crippen LogP contribution in [0.15, 0.2) is 6.20 Å². The SMILES string of the molecule is CC(=O)Nc1ncc(C(=O)N2CCC3(CN(C)C(=O)O3)C2)s1. The average molecular weight is 324 g/mol. The molecule has 0 bridgehead atoms. The molecule has 2 aliphatic rings. The van der Waals surface area contributed by atoms with Crippen LogP contribution in [0.3, 0.4) is 0 Å². The van der Waals surface area contributed by atoms with Crippen LogP contribution in [0, 0.1) is 0 Å². The van der Waals surface area contributed by atoms with Gasteiger partial charge in [0.05, 0.1) is 19.3 Å². The number of aromatic nitrogens is 1. The van der Waals surface area contributed by atoms with Crippen LogP contribution in [0.1, 0.15) is 23.0 Å². The summed E-state index contributed by atoms with van der Waals surface area (Å²) in [7, 11) is 1.68. The monoisotopic (exact) mass is 324 g/mol. The van der Waals surface area contributed by atoms with Gasteiger partial charge in [-0.25, -0.2) is 9.78 Å². The van der Waals surface area contributed by atoms with Gasteiger partial charge in [-0.3, -0.25) is 9.59 Å². The third kappa shape index (κ3) is 2.63. The summed E-state index contributed by atoms with van der Waals surface area (Å²) < 4.78 is 5.42. The van der Waals surface area contributed by atoms with Gasteiger partial charge in [0.2, 0.25) is 5.91 Å². The first-order valence-electron chi connectivity index (χ1n) is 6.85. The molecule has 118 valence electrons. The molecule has 0 aliphatic carbocycles. The molecule has 1 atom stereocenters. The summed E-state index contributed by atoms with van der Waals surface area (Å²) in [5.74, 6) is -0.383. The zero-order valence-corrected chi connectivity index (χ0v) is 13.1. The summed E-state index contributed by atoms with van der Waals surface area (Å²) in [4.78, 5) is 42.7. The van der Waals surface area contributed by atoms with Crippen LogP contribution in [0.2, 0.25) is 0 Å². The number of nitrogens with one attached hydrogen (secondary N) is 1. The van der Waals surface area contributed by atoms with Gasteiger partial charge in [0.1, 0.15) is 4.88 Å². The minimum atomic E-state index is -0.591. The fourth-order valence-electron chi connectivity index (χ4n) is 2.76. The summed E-state index contributed by atoms with van der Waals surface area (Å²) in [6, 6.07) is 0. The molecule has 3 rings (SSSR count). The third-order valence-electron chi connectivity index (χ3n) is 3.74. The Labute approximate surface area is 131 Å². The van der Waals surface area contributed by atoms with E-state index in [0.717, 1.165) is 11.3 Å². The number of hydrogen-bond donors (Lipinski definition) is 1. The molecule has 1 aromatic heterocycles. The Morgan fingerprint density at radius 1 is 1.45 bits per heavy atom. The van der Waals surface area contributed by atoms with Gasteiger partial charge in [-0.15, -0.1) is 0 Å². The molecule has 9 heteroatoms. The molecule has 8 nitrogen and oxygen atoms in total. The lowest BCUT2D eigenvalue weighted by Crippen LogP contribution is -2.38. The molecule has 1 N–H and O–H groups in total. The van der Waals surface area contributed by atoms with Crippen LogP contribution < -0.4 is 5.32 Å². The predicted molar refractivity (Wildman–Crippen MR) is 78.8 cm³/mol. The summed E-state index contributed by atoms with van der Waals surface area (Å²) in [6.07, 6.45) is 1.74. The minimum absolute atomic E-state index is 0.156. The van der Waals surface area contributed by atoms with E-state index in [0.29, 0.717) is 36.1 Å². The van der Waals surface area contributed by atoms with Crippen molar-refractivity contribution in [3.05, 3.63) is 11.1 Å². The smallest absolute Gasteiger partial charge is 0.410 e. The van der Waals surface area contributed by atoms with Gasteiger partial charge in [-0.2, -0.15) is 0 Å². The fourth-order valence-corrected chi connectivity index (χ4v) is 3.59. The average Bonchev–Trinajstić information content (AvgIpc) is 3.11. The second-order valence-electron chi connectivity index (χ2n) is 5.59. The Hall–Kier alpha value is -2.16. The summed E-state index contributed by atoms with van der Waals surface area (Å²) in [5, 5.41) is 2.95. The van der Waals surface area contributed by atoms with Crippen molar-refractivity contribution < 1.29 is 19.1 Å². The van der Waals surface area contributed by atoms with Gasteiger partial charge in [-0.05, 0) is 0 Å². The van der Waals surface area contributed by atoms with E-state index >= 15 is 0 Å². The van der Waals surface area contributed by atoms with E-state index in [2.05, 4.69) is 10.3 Å². The molecule has 2 aliphatic heterocycles. The van der Waals surface area contributed by atoms with Crippen molar-refractivity contribution in [3.8, 4) is 0 Å². The minimum Gasteiger partial charge on any atom is -0.439 e. The van der Waals surface area contributed by atoms with E-state index in [4.69, 9.17) is 4.74 Å². The van der Waals surface area contributed by atoms with Gasteiger partial charge < -0.3 is 19.9 Å². The summed E-state index contributed by atoms with van der Waals surface area (Å²) in [5.41, 5.74) is -0.591. The Balaban J connectivity index is 1.68. The predicted octanol–water partition coefficient (Wildman–Crippen LogP) is 0.768. The maximum Gasteiger partial charge on any atom is 0.410 e. The van der Waals surface area contributed by atoms with Crippen molar-refractivity contribution in [3.63, 3.8) is 0 Å². The van der Waals surface area contributed by atoms with E-state index in [9.17, 15) is 14.4 Å². The molecule has 0 aromatic carbocycles. The fraction of sp³-hybridized carbons (Fsp3) is 0.538. The highest BCUT2D eigenvalue weighted by atomic mass is 32.1. The van der Waals surface area contributed by atoms with E-state index in [1.54, 1.807) is 11.9 Å². The van der Waals surface area contributed by atoms with Crippen molar-refractivity contribution in [1.82, 2.24) is 14.8 Å². The maximum absolute atomic E-state index is 12.5. The van der Waals surface area contributed by atoms with Crippen molar-refractivity contribution in [2.45, 2.75) is 18.9 Å². The van der Waals surface area contributed by atoms with Gasteiger partial charge >= 0.3 is 6.09 Å². The molecule has 0 saturated carbocycles. The van der Waals surface area contributed by atoms with Crippen LogP contribution in [0.5, 0.6) is 0 Å². The first-order valence-corrected chi connectivity index (χ1v) is 7.67. The number of carbonyl (C=O) groups is 3. The highest BCUT2D eigenvalue weighted by molar-refractivity contribution is 7.17. The highest BCUT2D eigenvalue weighted by Gasteiger charge is 2.49. The van der Waals surface area contributed by atoms with Crippen LogP contribution in [-0.4, -0.2) is 65.0 Å². The lowest BCUT2D eigenvalue weighted by Gasteiger charge is -2.21. The highest BCUT2D eigenvalue weighted by Crippen LogP contribution is 2.33. The van der Waals surface area contributed by atoms with Gasteiger partial charge in [0.15, 0.2) is 10.7 Å². The lowest BCUT2D eigenvalue weighted by molar-refractivity contribution is -0.114. The Morgan fingerprint density at radius 3 is 2.86 bits per heavy atom. The van der Waals surface area contributed by atoms with Gasteiger partial charge in [-0.1, -0.05) is 11.3 Å². The second kappa shape index (κ2) is 5.24. The number of thiazole rings is 1. The number of ether oxygens (including phenoxy) is 1. The number of hydrogen-bond acceptors (Lipinski definition) is 6. The number of carbonyl (C=O) groups excluding carboxylic acids is 3. The van der Waals surface area contributed by atoms with Crippen molar-refractivity contribution in [2.75, 3.05) is 32.0 Å². The zero-order valence-electron chi connectivity index (χ0n) is 12.3. The summed E-state index contributed by atoms with van der Waals surface area (Å²) >= 11 is 1.14. The first kappa shape index (κ1) is 14.8. The largest absolute Gasteiger partial charge is 0.439 e. The molecule has 0 radical (unpaired) electrons. The zero-order chi connectivity index (χ0) is 15.9. The Bertz CT molecular complexity index is 646. The van der Waals surface area contributed by atoms with Crippen molar-refractivity contribution >= 4 is 34.4 Å². The molecular weight excluding hydrogens is 308 g/mol. The Kier molecular flexibility index (Phi) is 3.51. The number of amides is 3. The first-order chi connectivity index (χ1) is 10.4. The lowest BCUT2D eigenvalue weighted by atomic mass is 10.0. The third-order valence-corrected chi connectivity index (χ3v) is 4.64. The standard InChI is InChI=1S/C13H16N4O4S/c1-8(18)15-11-14-5-9(22-11)10(19)17-4-3-13(7-17)6-16(2)12(20)21-13/h5H,3-4,6-7H2,1-2H3,(H,14,15,18). The summed E-state index contributed by atoms with van der Waals surface area (Å²) in [6.45, 7) is 2.80. The second-order valence-corrected chi connectivity index (χ2v) is 6.63. The van der Waals surface area contributed by atoms with Crippen molar-refractivity contribution in [1.29, 1.82) is 0 Å². The van der Waals surface area contributed by atoms with Gasteiger partial charge in [0.25, 0.3) is 5.91 Å². The topological polar surface area (TPSA) is 91.8 Å². The molecule has 2 fully saturated rings. The molecular formula is C13H16N4O4S. The van der Waals surface area contributed by atoms with Crippen molar-refractivity contribution in [2.24, 2.45) is 0 Å².